The van der Waals surface area contributed by atoms with Gasteiger partial charge in [0.2, 0.25) is 5.91 Å². The average molecular weight is 303 g/mol. The summed E-state index contributed by atoms with van der Waals surface area (Å²) in [6.45, 7) is 2.02. The number of nitrogens with zero attached hydrogens (tertiary/aromatic N) is 1. The fourth-order valence-corrected chi connectivity index (χ4v) is 2.92. The van der Waals surface area contributed by atoms with E-state index in [0.29, 0.717) is 6.54 Å². The number of carboxylic acids is 1. The highest BCUT2D eigenvalue weighted by Crippen LogP contribution is 2.17. The first-order valence-corrected chi connectivity index (χ1v) is 7.45. The molecule has 0 aliphatic rings. The van der Waals surface area contributed by atoms with E-state index in [9.17, 15) is 9.59 Å². The van der Waals surface area contributed by atoms with Crippen LogP contribution in [0.5, 0.6) is 0 Å². The van der Waals surface area contributed by atoms with E-state index in [1.165, 1.54) is 4.90 Å². The molecule has 0 saturated heterocycles. The Morgan fingerprint density at radius 3 is 2.43 bits per heavy atom. The summed E-state index contributed by atoms with van der Waals surface area (Å²) in [6.07, 6.45) is 0.249. The molecule has 0 aliphatic heterocycles. The van der Waals surface area contributed by atoms with Crippen molar-refractivity contribution in [1.82, 2.24) is 4.90 Å². The molecule has 0 fully saturated rings. The lowest BCUT2D eigenvalue weighted by Crippen LogP contribution is -2.36. The zero-order chi connectivity index (χ0) is 15.2. The molecule has 21 heavy (non-hydrogen) atoms. The number of aryl methyl sites for hydroxylation is 1. The molecule has 1 amide bonds. The molecule has 2 aromatic rings. The van der Waals surface area contributed by atoms with Gasteiger partial charge in [0.25, 0.3) is 0 Å². The number of carbonyl (C=O) groups is 2. The Balaban J connectivity index is 2.07. The fraction of sp³-hybridized carbons (Fsp3) is 0.250. The minimum absolute atomic E-state index is 0.164. The third-order valence-electron chi connectivity index (χ3n) is 3.02. The van der Waals surface area contributed by atoms with Gasteiger partial charge in [0.1, 0.15) is 6.54 Å². The summed E-state index contributed by atoms with van der Waals surface area (Å²) in [6, 6.07) is 13.3. The first-order chi connectivity index (χ1) is 10.0. The van der Waals surface area contributed by atoms with Gasteiger partial charge in [-0.25, -0.2) is 0 Å². The number of benzene rings is 1. The van der Waals surface area contributed by atoms with E-state index < -0.39 is 5.97 Å². The highest BCUT2D eigenvalue weighted by atomic mass is 32.1. The Kier molecular flexibility index (Phi) is 5.11. The zero-order valence-corrected chi connectivity index (χ0v) is 12.6. The van der Waals surface area contributed by atoms with Crippen LogP contribution >= 0.6 is 11.3 Å². The summed E-state index contributed by atoms with van der Waals surface area (Å²) in [5.41, 5.74) is 0.925. The second-order valence-electron chi connectivity index (χ2n) is 4.82. The summed E-state index contributed by atoms with van der Waals surface area (Å²) in [5, 5.41) is 8.99. The van der Waals surface area contributed by atoms with E-state index in [4.69, 9.17) is 5.11 Å². The number of hydrogen-bond acceptors (Lipinski definition) is 3. The molecule has 0 spiro atoms. The number of rotatable bonds is 6. The lowest BCUT2D eigenvalue weighted by Gasteiger charge is -2.20. The zero-order valence-electron chi connectivity index (χ0n) is 11.8. The molecule has 1 N–H and O–H groups in total. The van der Waals surface area contributed by atoms with Crippen LogP contribution in [0.2, 0.25) is 0 Å². The molecule has 0 radical (unpaired) electrons. The molecule has 0 saturated carbocycles. The lowest BCUT2D eigenvalue weighted by molar-refractivity contribution is -0.144. The number of carbonyl (C=O) groups excluding carboxylic acids is 1. The van der Waals surface area contributed by atoms with Crippen molar-refractivity contribution < 1.29 is 14.7 Å². The van der Waals surface area contributed by atoms with Crippen molar-refractivity contribution in [2.24, 2.45) is 0 Å². The van der Waals surface area contributed by atoms with E-state index in [1.54, 1.807) is 11.3 Å². The number of aliphatic carboxylic acids is 1. The average Bonchev–Trinajstić information content (AvgIpc) is 2.84. The number of amides is 1. The second-order valence-corrected chi connectivity index (χ2v) is 6.19. The molecular weight excluding hydrogens is 286 g/mol. The largest absolute Gasteiger partial charge is 0.480 e. The molecular formula is C16H17NO3S. The van der Waals surface area contributed by atoms with Gasteiger partial charge in [-0.15, -0.1) is 11.3 Å². The molecule has 0 atom stereocenters. The summed E-state index contributed by atoms with van der Waals surface area (Å²) in [4.78, 5) is 26.8. The van der Waals surface area contributed by atoms with E-state index in [-0.39, 0.29) is 18.9 Å². The third-order valence-corrected chi connectivity index (χ3v) is 4.02. The van der Waals surface area contributed by atoms with Crippen LogP contribution in [0.15, 0.2) is 42.5 Å². The Hall–Kier alpha value is -2.14. The first-order valence-electron chi connectivity index (χ1n) is 6.63. The number of thiophene rings is 1. The van der Waals surface area contributed by atoms with Gasteiger partial charge in [0.05, 0.1) is 6.42 Å². The number of carboxylic acid groups (broad SMARTS) is 1. The van der Waals surface area contributed by atoms with E-state index >= 15 is 0 Å². The van der Waals surface area contributed by atoms with Crippen molar-refractivity contribution >= 4 is 23.2 Å². The van der Waals surface area contributed by atoms with Gasteiger partial charge >= 0.3 is 5.97 Å². The summed E-state index contributed by atoms with van der Waals surface area (Å²) in [5.74, 6) is -1.16. The second kappa shape index (κ2) is 7.04. The van der Waals surface area contributed by atoms with Crippen LogP contribution in [0.25, 0.3) is 0 Å². The highest BCUT2D eigenvalue weighted by Gasteiger charge is 2.18. The predicted molar refractivity (Wildman–Crippen MR) is 82.3 cm³/mol. The molecule has 2 rings (SSSR count). The maximum atomic E-state index is 12.3. The van der Waals surface area contributed by atoms with Crippen LogP contribution in [-0.2, 0) is 22.6 Å². The fourth-order valence-electron chi connectivity index (χ4n) is 2.04. The van der Waals surface area contributed by atoms with E-state index in [0.717, 1.165) is 15.3 Å². The standard InChI is InChI=1S/C16H17NO3S/c1-12-7-8-14(21-12)9-15(18)17(11-16(19)20)10-13-5-3-2-4-6-13/h2-8H,9-11H2,1H3,(H,19,20). The minimum atomic E-state index is -0.998. The maximum Gasteiger partial charge on any atom is 0.323 e. The van der Waals surface area contributed by atoms with Crippen molar-refractivity contribution in [2.45, 2.75) is 19.9 Å². The molecule has 110 valence electrons. The normalized spacial score (nSPS) is 10.3. The van der Waals surface area contributed by atoms with Gasteiger partial charge in [0, 0.05) is 16.3 Å². The minimum Gasteiger partial charge on any atom is -0.480 e. The third kappa shape index (κ3) is 4.72. The van der Waals surface area contributed by atoms with Gasteiger partial charge in [-0.3, -0.25) is 9.59 Å². The number of hydrogen-bond donors (Lipinski definition) is 1. The molecule has 0 unspecified atom stereocenters. The van der Waals surface area contributed by atoms with Crippen LogP contribution in [0, 0.1) is 6.92 Å². The molecule has 5 heteroatoms. The quantitative estimate of drug-likeness (QED) is 0.892. The summed E-state index contributed by atoms with van der Waals surface area (Å²) < 4.78 is 0. The monoisotopic (exact) mass is 303 g/mol. The molecule has 4 nitrogen and oxygen atoms in total. The van der Waals surface area contributed by atoms with Crippen LogP contribution < -0.4 is 0 Å². The molecule has 1 aromatic carbocycles. The Labute approximate surface area is 127 Å². The van der Waals surface area contributed by atoms with Crippen molar-refractivity contribution in [3.8, 4) is 0 Å². The molecule has 1 aromatic heterocycles. The summed E-state index contributed by atoms with van der Waals surface area (Å²) in [7, 11) is 0. The molecule has 1 heterocycles. The van der Waals surface area contributed by atoms with Gasteiger partial charge < -0.3 is 10.0 Å². The molecule has 0 aliphatic carbocycles. The van der Waals surface area contributed by atoms with Crippen LogP contribution in [0.1, 0.15) is 15.3 Å². The van der Waals surface area contributed by atoms with E-state index in [1.807, 2.05) is 49.4 Å². The summed E-state index contributed by atoms with van der Waals surface area (Å²) >= 11 is 1.56. The van der Waals surface area contributed by atoms with Crippen molar-refractivity contribution in [3.63, 3.8) is 0 Å². The topological polar surface area (TPSA) is 57.6 Å². The molecule has 0 bridgehead atoms. The van der Waals surface area contributed by atoms with Gasteiger partial charge in [-0.05, 0) is 24.6 Å². The van der Waals surface area contributed by atoms with Crippen molar-refractivity contribution in [1.29, 1.82) is 0 Å². The first kappa shape index (κ1) is 15.3. The van der Waals surface area contributed by atoms with Crippen LogP contribution in [0.4, 0.5) is 0 Å². The van der Waals surface area contributed by atoms with Gasteiger partial charge in [-0.1, -0.05) is 30.3 Å². The van der Waals surface area contributed by atoms with Crippen molar-refractivity contribution in [3.05, 3.63) is 57.8 Å². The van der Waals surface area contributed by atoms with E-state index in [2.05, 4.69) is 0 Å². The highest BCUT2D eigenvalue weighted by molar-refractivity contribution is 7.12. The lowest BCUT2D eigenvalue weighted by atomic mass is 10.2. The SMILES string of the molecule is Cc1ccc(CC(=O)N(CC(=O)O)Cc2ccccc2)s1. The Morgan fingerprint density at radius 1 is 1.14 bits per heavy atom. The Bertz CT molecular complexity index is 621. The van der Waals surface area contributed by atoms with Crippen LogP contribution in [-0.4, -0.2) is 28.4 Å². The predicted octanol–water partition coefficient (Wildman–Crippen LogP) is 2.71. The Morgan fingerprint density at radius 2 is 1.86 bits per heavy atom. The smallest absolute Gasteiger partial charge is 0.323 e. The van der Waals surface area contributed by atoms with Gasteiger partial charge in [0.15, 0.2) is 0 Å². The van der Waals surface area contributed by atoms with Crippen molar-refractivity contribution in [2.75, 3.05) is 6.54 Å². The van der Waals surface area contributed by atoms with Crippen LogP contribution in [0.3, 0.4) is 0 Å². The van der Waals surface area contributed by atoms with Gasteiger partial charge in [-0.2, -0.15) is 0 Å². The maximum absolute atomic E-state index is 12.3.